The normalized spacial score (nSPS) is 11.6. The summed E-state index contributed by atoms with van der Waals surface area (Å²) in [6, 6.07) is 4.51. The van der Waals surface area contributed by atoms with Crippen LogP contribution in [0.1, 0.15) is 5.56 Å². The van der Waals surface area contributed by atoms with Gasteiger partial charge in [-0.05, 0) is 29.7 Å². The third kappa shape index (κ3) is 3.02. The van der Waals surface area contributed by atoms with Gasteiger partial charge in [0.05, 0.1) is 13.4 Å². The molecule has 0 bridgehead atoms. The molecule has 0 aliphatic carbocycles. The van der Waals surface area contributed by atoms with Gasteiger partial charge in [-0.25, -0.2) is 8.78 Å². The zero-order valence-electron chi connectivity index (χ0n) is 8.47. The zero-order valence-corrected chi connectivity index (χ0v) is 8.47. The van der Waals surface area contributed by atoms with E-state index >= 15 is 0 Å². The summed E-state index contributed by atoms with van der Waals surface area (Å²) >= 11 is 0. The zero-order chi connectivity index (χ0) is 11.3. The Labute approximate surface area is 87.4 Å². The minimum atomic E-state index is -0.453. The second-order valence-electron chi connectivity index (χ2n) is 3.12. The van der Waals surface area contributed by atoms with E-state index in [0.29, 0.717) is 23.9 Å². The van der Waals surface area contributed by atoms with Crippen LogP contribution in [0.3, 0.4) is 0 Å². The van der Waals surface area contributed by atoms with Crippen molar-refractivity contribution >= 4 is 0 Å². The van der Waals surface area contributed by atoms with E-state index in [1.165, 1.54) is 19.2 Å². The Bertz CT molecular complexity index is 364. The average molecular weight is 213 g/mol. The third-order valence-electron chi connectivity index (χ3n) is 2.06. The number of hydrogen-bond acceptors (Lipinski definition) is 2. The van der Waals surface area contributed by atoms with Crippen LogP contribution in [0.25, 0.3) is 0 Å². The summed E-state index contributed by atoms with van der Waals surface area (Å²) in [6.07, 6.45) is 0.774. The van der Waals surface area contributed by atoms with Crippen molar-refractivity contribution in [2.75, 3.05) is 13.7 Å². The van der Waals surface area contributed by atoms with Gasteiger partial charge in [0.1, 0.15) is 0 Å². The van der Waals surface area contributed by atoms with Crippen molar-refractivity contribution in [2.45, 2.75) is 6.42 Å². The largest absolute Gasteiger partial charge is 0.494 e. The van der Waals surface area contributed by atoms with E-state index in [1.54, 1.807) is 6.07 Å². The fourth-order valence-corrected chi connectivity index (χ4v) is 1.24. The van der Waals surface area contributed by atoms with E-state index in [-0.39, 0.29) is 12.3 Å². The standard InChI is InChI=1S/C11H13F2NO/c1-15-11-3-2-8(5-10(11)13)4-9(6-12)7-14/h2-3,5-6H,4,7,14H2,1H3/b9-6+. The first-order valence-electron chi connectivity index (χ1n) is 4.52. The van der Waals surface area contributed by atoms with Gasteiger partial charge in [0.15, 0.2) is 11.6 Å². The summed E-state index contributed by atoms with van der Waals surface area (Å²) in [7, 11) is 1.39. The van der Waals surface area contributed by atoms with Crippen molar-refractivity contribution in [3.63, 3.8) is 0 Å². The summed E-state index contributed by atoms with van der Waals surface area (Å²) in [6.45, 7) is 0.129. The molecule has 15 heavy (non-hydrogen) atoms. The number of halogens is 2. The molecule has 1 aromatic carbocycles. The maximum absolute atomic E-state index is 13.2. The Balaban J connectivity index is 2.84. The number of methoxy groups -OCH3 is 1. The van der Waals surface area contributed by atoms with Gasteiger partial charge in [0.25, 0.3) is 0 Å². The molecule has 0 unspecified atom stereocenters. The second kappa shape index (κ2) is 5.46. The van der Waals surface area contributed by atoms with E-state index in [0.717, 1.165) is 0 Å². The molecule has 0 heterocycles. The lowest BCUT2D eigenvalue weighted by Gasteiger charge is -2.06. The van der Waals surface area contributed by atoms with Gasteiger partial charge in [-0.2, -0.15) is 0 Å². The molecule has 0 aliphatic heterocycles. The molecule has 0 spiro atoms. The SMILES string of the molecule is COc1ccc(C/C(=C\F)CN)cc1F. The van der Waals surface area contributed by atoms with Crippen molar-refractivity contribution in [1.29, 1.82) is 0 Å². The van der Waals surface area contributed by atoms with Gasteiger partial charge in [-0.3, -0.25) is 0 Å². The molecule has 1 aromatic rings. The maximum atomic E-state index is 13.2. The quantitative estimate of drug-likeness (QED) is 0.832. The van der Waals surface area contributed by atoms with Gasteiger partial charge >= 0.3 is 0 Å². The highest BCUT2D eigenvalue weighted by molar-refractivity contribution is 5.31. The fraction of sp³-hybridized carbons (Fsp3) is 0.273. The summed E-state index contributed by atoms with van der Waals surface area (Å²) in [5.41, 5.74) is 6.40. The van der Waals surface area contributed by atoms with Gasteiger partial charge in [-0.1, -0.05) is 6.07 Å². The fourth-order valence-electron chi connectivity index (χ4n) is 1.24. The van der Waals surface area contributed by atoms with Crippen LogP contribution >= 0.6 is 0 Å². The highest BCUT2D eigenvalue weighted by atomic mass is 19.1. The monoisotopic (exact) mass is 213 g/mol. The Morgan fingerprint density at radius 1 is 1.53 bits per heavy atom. The lowest BCUT2D eigenvalue weighted by molar-refractivity contribution is 0.386. The van der Waals surface area contributed by atoms with Crippen molar-refractivity contribution < 1.29 is 13.5 Å². The minimum Gasteiger partial charge on any atom is -0.494 e. The van der Waals surface area contributed by atoms with Crippen molar-refractivity contribution in [1.82, 2.24) is 0 Å². The molecule has 4 heteroatoms. The molecule has 82 valence electrons. The van der Waals surface area contributed by atoms with Crippen molar-refractivity contribution in [3.8, 4) is 5.75 Å². The maximum Gasteiger partial charge on any atom is 0.165 e. The van der Waals surface area contributed by atoms with Crippen LogP contribution < -0.4 is 10.5 Å². The van der Waals surface area contributed by atoms with E-state index in [9.17, 15) is 8.78 Å². The lowest BCUT2D eigenvalue weighted by Crippen LogP contribution is -2.05. The molecular weight excluding hydrogens is 200 g/mol. The third-order valence-corrected chi connectivity index (χ3v) is 2.06. The summed E-state index contributed by atoms with van der Waals surface area (Å²) in [4.78, 5) is 0. The number of ether oxygens (including phenoxy) is 1. The van der Waals surface area contributed by atoms with Crippen LogP contribution in [-0.2, 0) is 6.42 Å². The molecule has 0 radical (unpaired) electrons. The number of benzene rings is 1. The molecule has 1 rings (SSSR count). The van der Waals surface area contributed by atoms with Crippen LogP contribution in [0, 0.1) is 5.82 Å². The van der Waals surface area contributed by atoms with Crippen LogP contribution in [-0.4, -0.2) is 13.7 Å². The molecule has 0 aromatic heterocycles. The molecule has 0 saturated heterocycles. The molecule has 0 aliphatic rings. The second-order valence-corrected chi connectivity index (χ2v) is 3.12. The first-order valence-corrected chi connectivity index (χ1v) is 4.52. The molecule has 0 atom stereocenters. The van der Waals surface area contributed by atoms with E-state index in [1.807, 2.05) is 0 Å². The Kier molecular flexibility index (Phi) is 4.24. The first kappa shape index (κ1) is 11.7. The van der Waals surface area contributed by atoms with Crippen LogP contribution in [0.2, 0.25) is 0 Å². The summed E-state index contributed by atoms with van der Waals surface area (Å²) in [5, 5.41) is 0. The number of rotatable bonds is 4. The number of hydrogen-bond donors (Lipinski definition) is 1. The minimum absolute atomic E-state index is 0.129. The van der Waals surface area contributed by atoms with E-state index < -0.39 is 5.82 Å². The molecule has 0 amide bonds. The van der Waals surface area contributed by atoms with Crippen LogP contribution in [0.4, 0.5) is 8.78 Å². The van der Waals surface area contributed by atoms with Gasteiger partial charge in [-0.15, -0.1) is 0 Å². The summed E-state index contributed by atoms with van der Waals surface area (Å²) in [5.74, 6) is -0.275. The summed E-state index contributed by atoms with van der Waals surface area (Å²) < 4.78 is 30.2. The smallest absolute Gasteiger partial charge is 0.165 e. The molecule has 0 fully saturated rings. The highest BCUT2D eigenvalue weighted by Gasteiger charge is 2.04. The first-order chi connectivity index (χ1) is 7.21. The highest BCUT2D eigenvalue weighted by Crippen LogP contribution is 2.19. The molecule has 2 nitrogen and oxygen atoms in total. The Morgan fingerprint density at radius 2 is 2.27 bits per heavy atom. The van der Waals surface area contributed by atoms with Gasteiger partial charge < -0.3 is 10.5 Å². The Hall–Kier alpha value is -1.42. The van der Waals surface area contributed by atoms with Crippen molar-refractivity contribution in [3.05, 3.63) is 41.5 Å². The topological polar surface area (TPSA) is 35.2 Å². The van der Waals surface area contributed by atoms with Gasteiger partial charge in [0.2, 0.25) is 0 Å². The van der Waals surface area contributed by atoms with Crippen LogP contribution in [0.15, 0.2) is 30.1 Å². The predicted molar refractivity (Wildman–Crippen MR) is 54.9 cm³/mol. The number of nitrogens with two attached hydrogens (primary N) is 1. The molecule has 0 saturated carbocycles. The molecular formula is C11H13F2NO. The Morgan fingerprint density at radius 3 is 2.73 bits per heavy atom. The van der Waals surface area contributed by atoms with E-state index in [2.05, 4.69) is 0 Å². The predicted octanol–water partition coefficient (Wildman–Crippen LogP) is 2.19. The average Bonchev–Trinajstić information content (AvgIpc) is 2.26. The van der Waals surface area contributed by atoms with E-state index in [4.69, 9.17) is 10.5 Å². The molecule has 2 N–H and O–H groups in total. The van der Waals surface area contributed by atoms with Crippen molar-refractivity contribution in [2.24, 2.45) is 5.73 Å². The van der Waals surface area contributed by atoms with Crippen LogP contribution in [0.5, 0.6) is 5.75 Å². The lowest BCUT2D eigenvalue weighted by atomic mass is 10.1. The van der Waals surface area contributed by atoms with Gasteiger partial charge in [0, 0.05) is 6.54 Å².